The molecule has 0 amide bonds. The molecule has 2 N–H and O–H groups in total. The fraction of sp³-hybridized carbons (Fsp3) is 0.600. The molecule has 1 unspecified atom stereocenters. The second-order valence-electron chi connectivity index (χ2n) is 5.12. The SMILES string of the molecule is COc1[13cH]c(CC(C)N)c(OC)c2c1CCCC2. The predicted octanol–water partition coefficient (Wildman–Crippen LogP) is 2.47. The lowest BCUT2D eigenvalue weighted by Crippen LogP contribution is -2.19. The molecule has 3 nitrogen and oxygen atoms in total. The van der Waals surface area contributed by atoms with E-state index in [0.717, 1.165) is 30.8 Å². The van der Waals surface area contributed by atoms with Gasteiger partial charge in [0.15, 0.2) is 0 Å². The van der Waals surface area contributed by atoms with Crippen molar-refractivity contribution in [3.8, 4) is 11.5 Å². The molecule has 0 aromatic heterocycles. The third-order valence-electron chi connectivity index (χ3n) is 3.60. The number of hydrogen-bond donors (Lipinski definition) is 1. The molecule has 1 aliphatic carbocycles. The Morgan fingerprint density at radius 2 is 1.83 bits per heavy atom. The molecule has 1 aliphatic rings. The lowest BCUT2D eigenvalue weighted by Gasteiger charge is -2.24. The Kier molecular flexibility index (Phi) is 4.12. The first-order valence-corrected chi connectivity index (χ1v) is 6.68. The van der Waals surface area contributed by atoms with Gasteiger partial charge in [-0.25, -0.2) is 0 Å². The maximum atomic E-state index is 5.92. The lowest BCUT2D eigenvalue weighted by molar-refractivity contribution is 0.384. The van der Waals surface area contributed by atoms with Crippen LogP contribution in [-0.4, -0.2) is 20.3 Å². The average molecular weight is 250 g/mol. The van der Waals surface area contributed by atoms with Crippen LogP contribution in [0.2, 0.25) is 0 Å². The standard InChI is InChI=1S/C15H23NO2/c1-10(16)8-11-9-14(17-2)12-6-4-5-7-13(12)15(11)18-3/h9-10H,4-8,16H2,1-3H3/i9+1. The highest BCUT2D eigenvalue weighted by Gasteiger charge is 2.22. The summed E-state index contributed by atoms with van der Waals surface area (Å²) >= 11 is 0. The molecule has 0 fully saturated rings. The van der Waals surface area contributed by atoms with Crippen molar-refractivity contribution in [2.24, 2.45) is 5.73 Å². The van der Waals surface area contributed by atoms with E-state index >= 15 is 0 Å². The Labute approximate surface area is 109 Å². The molecular weight excluding hydrogens is 227 g/mol. The van der Waals surface area contributed by atoms with E-state index in [1.54, 1.807) is 14.2 Å². The minimum atomic E-state index is 0.130. The first-order valence-electron chi connectivity index (χ1n) is 6.68. The van der Waals surface area contributed by atoms with Gasteiger partial charge in [0.1, 0.15) is 11.5 Å². The first kappa shape index (κ1) is 13.2. The fourth-order valence-electron chi connectivity index (χ4n) is 2.87. The highest BCUT2D eigenvalue weighted by Crippen LogP contribution is 2.39. The summed E-state index contributed by atoms with van der Waals surface area (Å²) < 4.78 is 11.2. The maximum Gasteiger partial charge on any atom is 0.125 e. The maximum absolute atomic E-state index is 5.92. The van der Waals surface area contributed by atoms with Crippen LogP contribution >= 0.6 is 0 Å². The van der Waals surface area contributed by atoms with E-state index in [1.165, 1.54) is 29.5 Å². The molecule has 0 bridgehead atoms. The van der Waals surface area contributed by atoms with Gasteiger partial charge in [0.05, 0.1) is 14.2 Å². The quantitative estimate of drug-likeness (QED) is 0.892. The normalized spacial score (nSPS) is 16.0. The highest BCUT2D eigenvalue weighted by atomic mass is 16.5. The molecule has 0 heterocycles. The van der Waals surface area contributed by atoms with Crippen molar-refractivity contribution in [2.45, 2.75) is 45.1 Å². The van der Waals surface area contributed by atoms with E-state index in [2.05, 4.69) is 6.07 Å². The minimum absolute atomic E-state index is 0.130. The van der Waals surface area contributed by atoms with Crippen LogP contribution in [-0.2, 0) is 19.3 Å². The van der Waals surface area contributed by atoms with Gasteiger partial charge < -0.3 is 15.2 Å². The smallest absolute Gasteiger partial charge is 0.125 e. The van der Waals surface area contributed by atoms with Gasteiger partial charge in [0.2, 0.25) is 0 Å². The van der Waals surface area contributed by atoms with Crippen LogP contribution in [0.3, 0.4) is 0 Å². The number of methoxy groups -OCH3 is 2. The number of nitrogens with two attached hydrogens (primary N) is 1. The molecule has 1 aromatic carbocycles. The Morgan fingerprint density at radius 3 is 2.39 bits per heavy atom. The number of rotatable bonds is 4. The van der Waals surface area contributed by atoms with Crippen LogP contribution in [0, 0.1) is 0 Å². The molecule has 1 aromatic rings. The molecule has 100 valence electrons. The molecule has 0 aliphatic heterocycles. The van der Waals surface area contributed by atoms with E-state index in [0.29, 0.717) is 0 Å². The number of benzene rings is 1. The van der Waals surface area contributed by atoms with Gasteiger partial charge in [-0.1, -0.05) is 0 Å². The molecule has 0 saturated carbocycles. The van der Waals surface area contributed by atoms with Gasteiger partial charge in [-0.2, -0.15) is 0 Å². The molecular formula is C15H23NO2. The van der Waals surface area contributed by atoms with Crippen LogP contribution in [0.5, 0.6) is 11.5 Å². The van der Waals surface area contributed by atoms with E-state index in [9.17, 15) is 0 Å². The molecule has 0 radical (unpaired) electrons. The van der Waals surface area contributed by atoms with E-state index < -0.39 is 0 Å². The predicted molar refractivity (Wildman–Crippen MR) is 73.5 cm³/mol. The summed E-state index contributed by atoms with van der Waals surface area (Å²) in [5.41, 5.74) is 9.75. The summed E-state index contributed by atoms with van der Waals surface area (Å²) in [5.74, 6) is 2.03. The Balaban J connectivity index is 2.53. The van der Waals surface area contributed by atoms with E-state index in [1.807, 2.05) is 6.92 Å². The highest BCUT2D eigenvalue weighted by molar-refractivity contribution is 5.55. The van der Waals surface area contributed by atoms with Crippen molar-refractivity contribution in [3.05, 3.63) is 22.8 Å². The van der Waals surface area contributed by atoms with Gasteiger partial charge in [0, 0.05) is 17.2 Å². The van der Waals surface area contributed by atoms with Crippen molar-refractivity contribution < 1.29 is 9.47 Å². The van der Waals surface area contributed by atoms with Crippen molar-refractivity contribution in [3.63, 3.8) is 0 Å². The Bertz CT molecular complexity index is 427. The Hall–Kier alpha value is -1.22. The minimum Gasteiger partial charge on any atom is -0.496 e. The summed E-state index contributed by atoms with van der Waals surface area (Å²) in [6.45, 7) is 2.02. The topological polar surface area (TPSA) is 44.5 Å². The summed E-state index contributed by atoms with van der Waals surface area (Å²) in [6.07, 6.45) is 5.47. The summed E-state index contributed by atoms with van der Waals surface area (Å²) in [5, 5.41) is 0. The van der Waals surface area contributed by atoms with Crippen LogP contribution < -0.4 is 15.2 Å². The summed E-state index contributed by atoms with van der Waals surface area (Å²) in [6, 6.07) is 2.23. The zero-order valence-electron chi connectivity index (χ0n) is 11.6. The van der Waals surface area contributed by atoms with Crippen LogP contribution in [0.25, 0.3) is 0 Å². The zero-order valence-corrected chi connectivity index (χ0v) is 11.6. The number of hydrogen-bond acceptors (Lipinski definition) is 3. The van der Waals surface area contributed by atoms with Gasteiger partial charge in [0.25, 0.3) is 0 Å². The van der Waals surface area contributed by atoms with Crippen molar-refractivity contribution in [2.75, 3.05) is 14.2 Å². The Morgan fingerprint density at radius 1 is 1.17 bits per heavy atom. The molecule has 0 saturated heterocycles. The molecule has 3 heteroatoms. The monoisotopic (exact) mass is 250 g/mol. The lowest BCUT2D eigenvalue weighted by atomic mass is 9.89. The molecule has 18 heavy (non-hydrogen) atoms. The molecule has 0 spiro atoms. The summed E-state index contributed by atoms with van der Waals surface area (Å²) in [7, 11) is 3.49. The van der Waals surface area contributed by atoms with Gasteiger partial charge >= 0.3 is 0 Å². The van der Waals surface area contributed by atoms with Crippen molar-refractivity contribution >= 4 is 0 Å². The third-order valence-corrected chi connectivity index (χ3v) is 3.60. The molecule has 1 atom stereocenters. The number of fused-ring (bicyclic) bond motifs is 1. The number of ether oxygens (including phenoxy) is 2. The van der Waals surface area contributed by atoms with Crippen LogP contribution in [0.1, 0.15) is 36.5 Å². The zero-order chi connectivity index (χ0) is 13.1. The van der Waals surface area contributed by atoms with E-state index in [-0.39, 0.29) is 6.04 Å². The van der Waals surface area contributed by atoms with Crippen molar-refractivity contribution in [1.29, 1.82) is 0 Å². The van der Waals surface area contributed by atoms with Crippen LogP contribution in [0.4, 0.5) is 0 Å². The fourth-order valence-corrected chi connectivity index (χ4v) is 2.87. The van der Waals surface area contributed by atoms with Gasteiger partial charge in [-0.3, -0.25) is 0 Å². The first-order chi connectivity index (χ1) is 8.67. The van der Waals surface area contributed by atoms with Gasteiger partial charge in [-0.15, -0.1) is 0 Å². The van der Waals surface area contributed by atoms with Crippen LogP contribution in [0.15, 0.2) is 6.07 Å². The second-order valence-corrected chi connectivity index (χ2v) is 5.12. The third kappa shape index (κ3) is 2.46. The van der Waals surface area contributed by atoms with E-state index in [4.69, 9.17) is 15.2 Å². The average Bonchev–Trinajstić information content (AvgIpc) is 2.37. The summed E-state index contributed by atoms with van der Waals surface area (Å²) in [4.78, 5) is 0. The van der Waals surface area contributed by atoms with Gasteiger partial charge in [-0.05, 0) is 50.7 Å². The second kappa shape index (κ2) is 5.61. The molecule has 2 rings (SSSR count). The van der Waals surface area contributed by atoms with Crippen molar-refractivity contribution in [1.82, 2.24) is 0 Å². The largest absolute Gasteiger partial charge is 0.496 e.